The van der Waals surface area contributed by atoms with Crippen LogP contribution in [0.3, 0.4) is 0 Å². The van der Waals surface area contributed by atoms with Gasteiger partial charge in [0, 0.05) is 37.5 Å². The van der Waals surface area contributed by atoms with Crippen LogP contribution in [-0.2, 0) is 16.2 Å². The Morgan fingerprint density at radius 3 is 2.73 bits per heavy atom. The first-order valence-electron chi connectivity index (χ1n) is 15.1. The molecule has 4 aliphatic heterocycles. The number of carbonyl (C=O) groups excluding carboxylic acids is 2. The Balaban J connectivity index is 1.48. The van der Waals surface area contributed by atoms with Crippen molar-refractivity contribution in [3.05, 3.63) is 29.8 Å². The Morgan fingerprint density at radius 1 is 1.20 bits per heavy atom. The predicted octanol–water partition coefficient (Wildman–Crippen LogP) is 4.57. The lowest BCUT2D eigenvalue weighted by Gasteiger charge is -2.34. The lowest BCUT2D eigenvalue weighted by molar-refractivity contribution is -0.121. The van der Waals surface area contributed by atoms with Crippen molar-refractivity contribution in [2.75, 3.05) is 29.4 Å². The highest BCUT2D eigenvalue weighted by Crippen LogP contribution is 2.41. The lowest BCUT2D eigenvalue weighted by atomic mass is 9.83. The number of amides is 2. The first-order valence-corrected chi connectivity index (χ1v) is 16.3. The monoisotopic (exact) mass is 582 g/mol. The molecule has 1 aromatic rings. The minimum absolute atomic E-state index is 0.0319. The van der Waals surface area contributed by atoms with Gasteiger partial charge in [-0.2, -0.15) is 4.72 Å². The zero-order valence-corrected chi connectivity index (χ0v) is 26.2. The van der Waals surface area contributed by atoms with Crippen LogP contribution in [-0.4, -0.2) is 57.7 Å². The Kier molecular flexibility index (Phi) is 8.45. The number of hydrogen-bond donors (Lipinski definition) is 2. The fourth-order valence-electron chi connectivity index (χ4n) is 6.68. The molecule has 2 fully saturated rings. The summed E-state index contributed by atoms with van der Waals surface area (Å²) in [6.07, 6.45) is 9.21. The van der Waals surface area contributed by atoms with Gasteiger partial charge in [0.2, 0.25) is 11.3 Å². The Labute approximate surface area is 247 Å². The summed E-state index contributed by atoms with van der Waals surface area (Å²) in [5.74, 6) is 2.17. The van der Waals surface area contributed by atoms with Gasteiger partial charge < -0.3 is 14.8 Å². The Bertz CT molecular complexity index is 1220. The molecule has 10 heteroatoms. The zero-order chi connectivity index (χ0) is 29.5. The number of dihydropyridines is 1. The molecule has 5 rings (SSSR count). The number of amidine groups is 1. The minimum atomic E-state index is -1.70. The van der Waals surface area contributed by atoms with Crippen molar-refractivity contribution in [1.82, 2.24) is 15.0 Å². The number of aliphatic imine (C=N–C) groups is 1. The number of carbonyl (C=O) groups is 2. The molecule has 0 aliphatic carbocycles. The average molecular weight is 583 g/mol. The second-order valence-corrected chi connectivity index (χ2v) is 15.4. The molecule has 0 spiro atoms. The van der Waals surface area contributed by atoms with Crippen LogP contribution in [0.2, 0.25) is 0 Å². The molecule has 0 radical (unpaired) electrons. The Hall–Kier alpha value is -2.59. The van der Waals surface area contributed by atoms with Gasteiger partial charge in [0.1, 0.15) is 17.5 Å². The summed E-state index contributed by atoms with van der Waals surface area (Å²) in [7, 11) is 0. The number of aromatic nitrogens is 1. The molecule has 5 atom stereocenters. The maximum absolute atomic E-state index is 13.6. The van der Waals surface area contributed by atoms with E-state index in [0.717, 1.165) is 45.2 Å². The van der Waals surface area contributed by atoms with E-state index >= 15 is 0 Å². The quantitative estimate of drug-likeness (QED) is 0.505. The number of nitrogens with zero attached hydrogens (tertiary/aromatic N) is 4. The molecule has 0 aromatic carbocycles. The first kappa shape index (κ1) is 29.9. The SMILES string of the molecule is CC1CN(c2ccc3c(n2)N2C[C@@H](CCCNC4=NC(CC=C4)[S+]([O-])NC3=O)CC2(C)C)C(=O)C1CCC(C)(C)C. The van der Waals surface area contributed by atoms with E-state index in [2.05, 4.69) is 61.5 Å². The van der Waals surface area contributed by atoms with Gasteiger partial charge in [-0.3, -0.25) is 14.5 Å². The van der Waals surface area contributed by atoms with Crippen LogP contribution in [0.5, 0.6) is 0 Å². The van der Waals surface area contributed by atoms with Crippen LogP contribution in [0.15, 0.2) is 29.3 Å². The fourth-order valence-corrected chi connectivity index (χ4v) is 7.61. The molecule has 2 saturated heterocycles. The number of rotatable bonds is 3. The molecule has 2 N–H and O–H groups in total. The topological polar surface area (TPSA) is 113 Å². The standard InChI is InChI=1S/C31H46N6O3S/c1-20-18-36(29(39)22(20)14-15-30(2,3)4)25-13-12-23-27(34-25)37-19-21(17-31(37,5)6)9-8-16-32-24-10-7-11-26(33-24)41(40)35-28(23)38/h7,10,12-13,20-22,26H,8-9,11,14-19H2,1-6H3,(H,32,33)(H,35,38)/t20?,21-,22?,26?,41?/m0/s1. The van der Waals surface area contributed by atoms with Crippen molar-refractivity contribution in [3.8, 4) is 0 Å². The van der Waals surface area contributed by atoms with Crippen molar-refractivity contribution >= 4 is 40.6 Å². The first-order chi connectivity index (χ1) is 19.3. The van der Waals surface area contributed by atoms with E-state index in [4.69, 9.17) is 4.98 Å². The molecular weight excluding hydrogens is 536 g/mol. The summed E-state index contributed by atoms with van der Waals surface area (Å²) in [5, 5.41) is 2.82. The van der Waals surface area contributed by atoms with E-state index in [0.29, 0.717) is 41.9 Å². The van der Waals surface area contributed by atoms with Crippen LogP contribution in [0.4, 0.5) is 11.6 Å². The molecule has 4 aliphatic rings. The molecule has 4 bridgehead atoms. The summed E-state index contributed by atoms with van der Waals surface area (Å²) >= 11 is -1.70. The van der Waals surface area contributed by atoms with Gasteiger partial charge in [-0.1, -0.05) is 33.8 Å². The third-order valence-electron chi connectivity index (χ3n) is 8.98. The highest BCUT2D eigenvalue weighted by Gasteiger charge is 2.43. The van der Waals surface area contributed by atoms with Crippen LogP contribution < -0.4 is 19.8 Å². The van der Waals surface area contributed by atoms with Crippen LogP contribution in [0, 0.1) is 23.2 Å². The van der Waals surface area contributed by atoms with Crippen molar-refractivity contribution in [2.45, 2.75) is 91.0 Å². The van der Waals surface area contributed by atoms with Crippen molar-refractivity contribution in [1.29, 1.82) is 0 Å². The summed E-state index contributed by atoms with van der Waals surface area (Å²) < 4.78 is 15.9. The zero-order valence-electron chi connectivity index (χ0n) is 25.4. The maximum Gasteiger partial charge on any atom is 0.295 e. The van der Waals surface area contributed by atoms with E-state index in [-0.39, 0.29) is 28.7 Å². The maximum atomic E-state index is 13.6. The number of hydrogen-bond acceptors (Lipinski definition) is 7. The predicted molar refractivity (Wildman–Crippen MR) is 165 cm³/mol. The van der Waals surface area contributed by atoms with Gasteiger partial charge in [-0.05, 0) is 81.4 Å². The molecule has 1 aromatic heterocycles. The highest BCUT2D eigenvalue weighted by molar-refractivity contribution is 7.90. The van der Waals surface area contributed by atoms with Gasteiger partial charge >= 0.3 is 0 Å². The minimum Gasteiger partial charge on any atom is -0.591 e. The molecule has 224 valence electrons. The molecule has 4 unspecified atom stereocenters. The Morgan fingerprint density at radius 2 is 1.98 bits per heavy atom. The highest BCUT2D eigenvalue weighted by atomic mass is 32.2. The largest absolute Gasteiger partial charge is 0.591 e. The normalized spacial score (nSPS) is 30.2. The van der Waals surface area contributed by atoms with Crippen LogP contribution in [0.25, 0.3) is 0 Å². The van der Waals surface area contributed by atoms with E-state index in [1.807, 2.05) is 12.2 Å². The molecule has 41 heavy (non-hydrogen) atoms. The molecular formula is C31H46N6O3S. The number of pyridine rings is 1. The molecule has 5 heterocycles. The van der Waals surface area contributed by atoms with Crippen molar-refractivity contribution in [2.24, 2.45) is 28.2 Å². The number of fused-ring (bicyclic) bond motifs is 5. The fraction of sp³-hybridized carbons (Fsp3) is 0.677. The van der Waals surface area contributed by atoms with E-state index in [1.165, 1.54) is 0 Å². The van der Waals surface area contributed by atoms with Gasteiger partial charge in [0.05, 0.1) is 16.9 Å². The summed E-state index contributed by atoms with van der Waals surface area (Å²) in [5.41, 5.74) is 0.321. The third kappa shape index (κ3) is 6.58. The number of anilines is 2. The molecule has 9 nitrogen and oxygen atoms in total. The third-order valence-corrected chi connectivity index (χ3v) is 10.2. The van der Waals surface area contributed by atoms with Crippen LogP contribution in [0.1, 0.15) is 90.4 Å². The van der Waals surface area contributed by atoms with Gasteiger partial charge in [0.25, 0.3) is 5.91 Å². The van der Waals surface area contributed by atoms with E-state index < -0.39 is 22.6 Å². The lowest BCUT2D eigenvalue weighted by Crippen LogP contribution is -2.43. The van der Waals surface area contributed by atoms with Gasteiger partial charge in [-0.15, -0.1) is 0 Å². The summed E-state index contributed by atoms with van der Waals surface area (Å²) in [4.78, 5) is 41.0. The van der Waals surface area contributed by atoms with E-state index in [9.17, 15) is 14.1 Å². The van der Waals surface area contributed by atoms with Crippen LogP contribution >= 0.6 is 0 Å². The smallest absolute Gasteiger partial charge is 0.295 e. The second kappa shape index (κ2) is 11.6. The van der Waals surface area contributed by atoms with Crippen molar-refractivity contribution in [3.63, 3.8) is 0 Å². The van der Waals surface area contributed by atoms with Crippen molar-refractivity contribution < 1.29 is 14.1 Å². The molecule has 2 amide bonds. The van der Waals surface area contributed by atoms with E-state index in [1.54, 1.807) is 17.0 Å². The average Bonchev–Trinajstić information content (AvgIpc) is 3.37. The molecule has 0 saturated carbocycles. The summed E-state index contributed by atoms with van der Waals surface area (Å²) in [6.45, 7) is 15.3. The second-order valence-electron chi connectivity index (χ2n) is 14.1. The van der Waals surface area contributed by atoms with Gasteiger partial charge in [0.15, 0.2) is 0 Å². The number of nitrogens with one attached hydrogen (secondary N) is 2. The van der Waals surface area contributed by atoms with Gasteiger partial charge in [-0.25, -0.2) is 9.98 Å². The summed E-state index contributed by atoms with van der Waals surface area (Å²) in [6, 6.07) is 3.53.